The fourth-order valence-corrected chi connectivity index (χ4v) is 2.80. The lowest BCUT2D eigenvalue weighted by Gasteiger charge is -2.38. The van der Waals surface area contributed by atoms with E-state index in [-0.39, 0.29) is 12.0 Å². The Labute approximate surface area is 163 Å². The zero-order chi connectivity index (χ0) is 20.8. The van der Waals surface area contributed by atoms with E-state index in [0.29, 0.717) is 26.2 Å². The smallest absolute Gasteiger partial charge is 0.410 e. The third-order valence-electron chi connectivity index (χ3n) is 4.31. The van der Waals surface area contributed by atoms with Crippen LogP contribution in [0.5, 0.6) is 0 Å². The van der Waals surface area contributed by atoms with Crippen LogP contribution in [0.4, 0.5) is 4.79 Å². The van der Waals surface area contributed by atoms with E-state index in [1.165, 1.54) is 0 Å². The van der Waals surface area contributed by atoms with E-state index in [9.17, 15) is 9.59 Å². The lowest BCUT2D eigenvalue weighted by Crippen LogP contribution is -2.55. The van der Waals surface area contributed by atoms with Crippen molar-refractivity contribution in [3.63, 3.8) is 0 Å². The van der Waals surface area contributed by atoms with Crippen molar-refractivity contribution >= 4 is 12.0 Å². The number of piperazine rings is 1. The number of carbonyl (C=O) groups excluding carboxylic acids is 2. The number of carbonyl (C=O) groups is 2. The zero-order valence-corrected chi connectivity index (χ0v) is 18.1. The number of nitrogens with zero attached hydrogens (tertiary/aromatic N) is 3. The van der Waals surface area contributed by atoms with E-state index in [2.05, 4.69) is 4.98 Å². The average Bonchev–Trinajstić information content (AvgIpc) is 2.61. The van der Waals surface area contributed by atoms with Crippen molar-refractivity contribution in [3.8, 4) is 0 Å². The van der Waals surface area contributed by atoms with Gasteiger partial charge in [0.15, 0.2) is 0 Å². The summed E-state index contributed by atoms with van der Waals surface area (Å²) in [5, 5.41) is 0. The highest BCUT2D eigenvalue weighted by Crippen LogP contribution is 2.25. The molecule has 1 aromatic heterocycles. The predicted molar refractivity (Wildman–Crippen MR) is 108 cm³/mol. The molecule has 0 aromatic carbocycles. The van der Waals surface area contributed by atoms with Gasteiger partial charge < -0.3 is 14.5 Å². The second kappa shape index (κ2) is 9.20. The molecule has 6 nitrogen and oxygen atoms in total. The SMILES string of the molecule is CC.Cc1ccnc(C(C)(C)C(=O)N2CCN(C(=O)OC(C)(C)C)CC2)c1. The maximum absolute atomic E-state index is 13.0. The number of aromatic nitrogens is 1. The molecule has 0 aliphatic carbocycles. The summed E-state index contributed by atoms with van der Waals surface area (Å²) in [6.07, 6.45) is 1.42. The Morgan fingerprint density at radius 1 is 1.00 bits per heavy atom. The minimum absolute atomic E-state index is 0.0365. The third-order valence-corrected chi connectivity index (χ3v) is 4.31. The topological polar surface area (TPSA) is 62.7 Å². The molecule has 1 saturated heterocycles. The summed E-state index contributed by atoms with van der Waals surface area (Å²) in [4.78, 5) is 33.0. The zero-order valence-electron chi connectivity index (χ0n) is 18.1. The van der Waals surface area contributed by atoms with Gasteiger partial charge in [-0.05, 0) is 59.2 Å². The van der Waals surface area contributed by atoms with E-state index >= 15 is 0 Å². The van der Waals surface area contributed by atoms with Gasteiger partial charge in [0.2, 0.25) is 5.91 Å². The lowest BCUT2D eigenvalue weighted by molar-refractivity contribution is -0.138. The predicted octanol–water partition coefficient (Wildman–Crippen LogP) is 3.77. The van der Waals surface area contributed by atoms with Gasteiger partial charge in [0, 0.05) is 32.4 Å². The van der Waals surface area contributed by atoms with Gasteiger partial charge in [-0.25, -0.2) is 4.79 Å². The molecule has 2 rings (SSSR count). The van der Waals surface area contributed by atoms with Crippen LogP contribution in [-0.2, 0) is 14.9 Å². The molecule has 152 valence electrons. The van der Waals surface area contributed by atoms with Gasteiger partial charge in [-0.15, -0.1) is 0 Å². The molecule has 1 fully saturated rings. The van der Waals surface area contributed by atoms with Crippen LogP contribution >= 0.6 is 0 Å². The summed E-state index contributed by atoms with van der Waals surface area (Å²) in [6, 6.07) is 3.87. The van der Waals surface area contributed by atoms with Crippen LogP contribution in [-0.4, -0.2) is 58.6 Å². The summed E-state index contributed by atoms with van der Waals surface area (Å²) < 4.78 is 5.40. The van der Waals surface area contributed by atoms with E-state index in [0.717, 1.165) is 11.3 Å². The summed E-state index contributed by atoms with van der Waals surface area (Å²) in [5.41, 5.74) is 0.649. The molecule has 0 bridgehead atoms. The summed E-state index contributed by atoms with van der Waals surface area (Å²) >= 11 is 0. The lowest BCUT2D eigenvalue weighted by atomic mass is 9.86. The van der Waals surface area contributed by atoms with Crippen LogP contribution in [0.2, 0.25) is 0 Å². The van der Waals surface area contributed by atoms with Gasteiger partial charge in [-0.1, -0.05) is 13.8 Å². The number of amides is 2. The van der Waals surface area contributed by atoms with Crippen molar-refractivity contribution in [2.75, 3.05) is 26.2 Å². The third kappa shape index (κ3) is 6.22. The molecule has 2 amide bonds. The fourth-order valence-electron chi connectivity index (χ4n) is 2.80. The van der Waals surface area contributed by atoms with Gasteiger partial charge in [0.1, 0.15) is 5.60 Å². The van der Waals surface area contributed by atoms with Crippen LogP contribution in [0.1, 0.15) is 59.7 Å². The molecule has 0 saturated carbocycles. The monoisotopic (exact) mass is 377 g/mol. The minimum atomic E-state index is -0.694. The molecular weight excluding hydrogens is 342 g/mol. The van der Waals surface area contributed by atoms with Crippen molar-refractivity contribution in [3.05, 3.63) is 29.6 Å². The Morgan fingerprint density at radius 2 is 1.52 bits per heavy atom. The number of hydrogen-bond acceptors (Lipinski definition) is 4. The first-order valence-corrected chi connectivity index (χ1v) is 9.71. The summed E-state index contributed by atoms with van der Waals surface area (Å²) in [6.45, 7) is 17.3. The average molecular weight is 378 g/mol. The molecule has 6 heteroatoms. The van der Waals surface area contributed by atoms with Crippen molar-refractivity contribution in [1.82, 2.24) is 14.8 Å². The largest absolute Gasteiger partial charge is 0.444 e. The van der Waals surface area contributed by atoms with Gasteiger partial charge in [0.05, 0.1) is 11.1 Å². The van der Waals surface area contributed by atoms with Gasteiger partial charge in [-0.2, -0.15) is 0 Å². The van der Waals surface area contributed by atoms with Gasteiger partial charge in [-0.3, -0.25) is 9.78 Å². The molecule has 0 radical (unpaired) electrons. The number of rotatable bonds is 2. The summed E-state index contributed by atoms with van der Waals surface area (Å²) in [7, 11) is 0. The second-order valence-corrected chi connectivity index (χ2v) is 8.10. The highest BCUT2D eigenvalue weighted by atomic mass is 16.6. The molecular formula is C21H35N3O3. The van der Waals surface area contributed by atoms with Gasteiger partial charge >= 0.3 is 6.09 Å². The quantitative estimate of drug-likeness (QED) is 0.787. The number of aryl methyl sites for hydroxylation is 1. The van der Waals surface area contributed by atoms with Crippen LogP contribution in [0.25, 0.3) is 0 Å². The highest BCUT2D eigenvalue weighted by molar-refractivity contribution is 5.87. The second-order valence-electron chi connectivity index (χ2n) is 8.10. The molecule has 0 spiro atoms. The molecule has 1 aromatic rings. The molecule has 0 N–H and O–H groups in total. The first-order chi connectivity index (χ1) is 12.5. The Hall–Kier alpha value is -2.11. The van der Waals surface area contributed by atoms with E-state index in [4.69, 9.17) is 4.74 Å². The maximum atomic E-state index is 13.0. The van der Waals surface area contributed by atoms with Crippen molar-refractivity contribution in [2.24, 2.45) is 0 Å². The molecule has 2 heterocycles. The number of ether oxygens (including phenoxy) is 1. The Bertz CT molecular complexity index is 642. The van der Waals surface area contributed by atoms with E-state index in [1.807, 2.05) is 72.4 Å². The van der Waals surface area contributed by atoms with Crippen LogP contribution in [0.15, 0.2) is 18.3 Å². The van der Waals surface area contributed by atoms with Crippen LogP contribution in [0.3, 0.4) is 0 Å². The molecule has 0 unspecified atom stereocenters. The minimum Gasteiger partial charge on any atom is -0.444 e. The maximum Gasteiger partial charge on any atom is 0.410 e. The van der Waals surface area contributed by atoms with Gasteiger partial charge in [0.25, 0.3) is 0 Å². The highest BCUT2D eigenvalue weighted by Gasteiger charge is 2.37. The Balaban J connectivity index is 0.00000176. The molecule has 27 heavy (non-hydrogen) atoms. The van der Waals surface area contributed by atoms with Crippen molar-refractivity contribution < 1.29 is 14.3 Å². The first kappa shape index (κ1) is 22.9. The molecule has 0 atom stereocenters. The fraction of sp³-hybridized carbons (Fsp3) is 0.667. The number of hydrogen-bond donors (Lipinski definition) is 0. The van der Waals surface area contributed by atoms with Crippen molar-refractivity contribution in [2.45, 2.75) is 66.4 Å². The normalized spacial score (nSPS) is 15.0. The first-order valence-electron chi connectivity index (χ1n) is 9.71. The standard InChI is InChI=1S/C19H29N3O3.C2H6/c1-14-7-8-20-15(13-14)19(5,6)16(23)21-9-11-22(12-10-21)17(24)25-18(2,3)4;1-2/h7-8,13H,9-12H2,1-6H3;1-2H3. The number of pyridine rings is 1. The summed E-state index contributed by atoms with van der Waals surface area (Å²) in [5.74, 6) is 0.0365. The van der Waals surface area contributed by atoms with Crippen LogP contribution < -0.4 is 0 Å². The van der Waals surface area contributed by atoms with E-state index in [1.54, 1.807) is 11.1 Å². The molecule has 1 aliphatic rings. The van der Waals surface area contributed by atoms with Crippen LogP contribution in [0, 0.1) is 6.92 Å². The Morgan fingerprint density at radius 3 is 2.00 bits per heavy atom. The van der Waals surface area contributed by atoms with Crippen molar-refractivity contribution in [1.29, 1.82) is 0 Å². The molecule has 1 aliphatic heterocycles. The van der Waals surface area contributed by atoms with E-state index < -0.39 is 11.0 Å². The Kier molecular flexibility index (Phi) is 7.81.